The number of benzene rings is 2. The molecule has 2 aromatic carbocycles. The van der Waals surface area contributed by atoms with Crippen LogP contribution >= 0.6 is 0 Å². The Kier molecular flexibility index (Phi) is 5.56. The van der Waals surface area contributed by atoms with Crippen LogP contribution in [-0.4, -0.2) is 45.6 Å². The molecule has 1 amide bonds. The van der Waals surface area contributed by atoms with Crippen LogP contribution in [0.15, 0.2) is 42.5 Å². The average Bonchev–Trinajstić information content (AvgIpc) is 3.07. The number of carbonyl (C=O) groups excluding carboxylic acids is 1. The molecule has 1 aliphatic heterocycles. The van der Waals surface area contributed by atoms with Gasteiger partial charge in [0.2, 0.25) is 5.88 Å². The van der Waals surface area contributed by atoms with E-state index in [1.54, 1.807) is 17.0 Å². The summed E-state index contributed by atoms with van der Waals surface area (Å²) in [5.41, 5.74) is 0.0986. The average molecular weight is 429 g/mol. The molecular weight excluding hydrogens is 404 g/mol. The minimum atomic E-state index is -0.577. The maximum Gasteiger partial charge on any atom is 0.410 e. The van der Waals surface area contributed by atoms with Gasteiger partial charge in [-0.15, -0.1) is 5.10 Å². The van der Waals surface area contributed by atoms with Gasteiger partial charge in [-0.1, -0.05) is 12.1 Å². The van der Waals surface area contributed by atoms with E-state index in [2.05, 4.69) is 5.10 Å². The highest BCUT2D eigenvalue weighted by atomic mass is 19.1. The monoisotopic (exact) mass is 429 g/mol. The predicted molar refractivity (Wildman–Crippen MR) is 112 cm³/mol. The van der Waals surface area contributed by atoms with Gasteiger partial charge in [0.05, 0.1) is 10.9 Å². The van der Waals surface area contributed by atoms with Gasteiger partial charge in [0.25, 0.3) is 0 Å². The Morgan fingerprint density at radius 2 is 1.81 bits per heavy atom. The number of carbonyl (C=O) groups is 1. The van der Waals surface area contributed by atoms with Gasteiger partial charge in [0.15, 0.2) is 0 Å². The Hall–Kier alpha value is -3.16. The number of aromatic nitrogens is 2. The van der Waals surface area contributed by atoms with Crippen LogP contribution in [0.3, 0.4) is 0 Å². The first-order chi connectivity index (χ1) is 14.7. The third-order valence-electron chi connectivity index (χ3n) is 5.06. The largest absolute Gasteiger partial charge is 0.473 e. The van der Waals surface area contributed by atoms with E-state index >= 15 is 0 Å². The Labute approximate surface area is 179 Å². The topological polar surface area (TPSA) is 56.6 Å². The highest BCUT2D eigenvalue weighted by molar-refractivity contribution is 5.86. The number of hydrogen-bond donors (Lipinski definition) is 0. The number of fused-ring (bicyclic) bond motifs is 1. The molecule has 1 aromatic heterocycles. The van der Waals surface area contributed by atoms with Crippen molar-refractivity contribution in [3.63, 3.8) is 0 Å². The molecule has 1 fully saturated rings. The molecule has 0 radical (unpaired) electrons. The van der Waals surface area contributed by atoms with Gasteiger partial charge < -0.3 is 14.4 Å². The summed E-state index contributed by atoms with van der Waals surface area (Å²) in [5.74, 6) is -0.769. The molecule has 6 nitrogen and oxygen atoms in total. The molecule has 0 saturated carbocycles. The van der Waals surface area contributed by atoms with E-state index in [4.69, 9.17) is 9.47 Å². The molecule has 31 heavy (non-hydrogen) atoms. The number of rotatable bonds is 3. The summed E-state index contributed by atoms with van der Waals surface area (Å²) in [4.78, 5) is 13.9. The van der Waals surface area contributed by atoms with Crippen LogP contribution in [0, 0.1) is 11.6 Å². The van der Waals surface area contributed by atoms with E-state index in [-0.39, 0.29) is 17.9 Å². The summed E-state index contributed by atoms with van der Waals surface area (Å²) in [6, 6.07) is 10.5. The summed E-state index contributed by atoms with van der Waals surface area (Å²) in [7, 11) is 0. The minimum absolute atomic E-state index is 0.0193. The SMILES string of the molecule is CC(C)(C)OC(=O)N1CCC(Oc2nn(-c3cc(F)ccc3F)c3ccccc23)CC1. The fraction of sp³-hybridized carbons (Fsp3) is 0.391. The normalized spacial score (nSPS) is 15.3. The van der Waals surface area contributed by atoms with E-state index in [0.717, 1.165) is 18.2 Å². The third kappa shape index (κ3) is 4.62. The number of amides is 1. The van der Waals surface area contributed by atoms with E-state index in [1.807, 2.05) is 32.9 Å². The quantitative estimate of drug-likeness (QED) is 0.583. The first-order valence-electron chi connectivity index (χ1n) is 10.3. The lowest BCUT2D eigenvalue weighted by Gasteiger charge is -2.33. The van der Waals surface area contributed by atoms with Crippen molar-refractivity contribution in [2.75, 3.05) is 13.1 Å². The number of ether oxygens (including phenoxy) is 2. The van der Waals surface area contributed by atoms with Crippen molar-refractivity contribution in [1.82, 2.24) is 14.7 Å². The molecule has 0 bridgehead atoms. The van der Waals surface area contributed by atoms with Crippen molar-refractivity contribution in [3.05, 3.63) is 54.1 Å². The van der Waals surface area contributed by atoms with Crippen LogP contribution in [0.25, 0.3) is 16.6 Å². The zero-order chi connectivity index (χ0) is 22.2. The van der Waals surface area contributed by atoms with Crippen LogP contribution in [0.4, 0.5) is 13.6 Å². The lowest BCUT2D eigenvalue weighted by Crippen LogP contribution is -2.44. The highest BCUT2D eigenvalue weighted by Gasteiger charge is 2.28. The number of para-hydroxylation sites is 1. The zero-order valence-electron chi connectivity index (χ0n) is 17.8. The summed E-state index contributed by atoms with van der Waals surface area (Å²) < 4.78 is 41.0. The number of nitrogens with zero attached hydrogens (tertiary/aromatic N) is 3. The van der Waals surface area contributed by atoms with Gasteiger partial charge in [0.1, 0.15) is 29.0 Å². The summed E-state index contributed by atoms with van der Waals surface area (Å²) in [6.45, 7) is 6.53. The minimum Gasteiger partial charge on any atom is -0.473 e. The molecule has 2 heterocycles. The van der Waals surface area contributed by atoms with E-state index in [0.29, 0.717) is 42.7 Å². The molecular formula is C23H25F2N3O3. The molecule has 0 spiro atoms. The van der Waals surface area contributed by atoms with Crippen LogP contribution in [0.2, 0.25) is 0 Å². The standard InChI is InChI=1S/C23H25F2N3O3/c1-23(2,3)31-22(29)27-12-10-16(11-13-27)30-21-17-6-4-5-7-19(17)28(26-21)20-14-15(24)8-9-18(20)25/h4-9,14,16H,10-13H2,1-3H3. The maximum absolute atomic E-state index is 14.4. The fourth-order valence-electron chi connectivity index (χ4n) is 3.60. The lowest BCUT2D eigenvalue weighted by molar-refractivity contribution is 0.0124. The van der Waals surface area contributed by atoms with Crippen LogP contribution in [0.5, 0.6) is 5.88 Å². The molecule has 1 aliphatic rings. The second kappa shape index (κ2) is 8.17. The van der Waals surface area contributed by atoms with Gasteiger partial charge in [-0.2, -0.15) is 0 Å². The number of piperidine rings is 1. The Morgan fingerprint density at radius 1 is 1.10 bits per heavy atom. The molecule has 0 unspecified atom stereocenters. The molecule has 1 saturated heterocycles. The van der Waals surface area contributed by atoms with E-state index in [1.165, 1.54) is 4.68 Å². The van der Waals surface area contributed by atoms with Crippen molar-refractivity contribution < 1.29 is 23.0 Å². The van der Waals surface area contributed by atoms with Gasteiger partial charge in [-0.3, -0.25) is 0 Å². The Balaban J connectivity index is 1.53. The van der Waals surface area contributed by atoms with Gasteiger partial charge >= 0.3 is 6.09 Å². The summed E-state index contributed by atoms with van der Waals surface area (Å²) in [6.07, 6.45) is 0.758. The molecule has 0 aliphatic carbocycles. The van der Waals surface area contributed by atoms with Gasteiger partial charge in [-0.05, 0) is 45.0 Å². The van der Waals surface area contributed by atoms with Crippen LogP contribution < -0.4 is 4.74 Å². The second-order valence-corrected chi connectivity index (χ2v) is 8.61. The van der Waals surface area contributed by atoms with Crippen molar-refractivity contribution in [2.24, 2.45) is 0 Å². The van der Waals surface area contributed by atoms with Crippen LogP contribution in [-0.2, 0) is 4.74 Å². The highest BCUT2D eigenvalue weighted by Crippen LogP contribution is 2.30. The molecule has 0 atom stereocenters. The Morgan fingerprint density at radius 3 is 2.52 bits per heavy atom. The van der Waals surface area contributed by atoms with E-state index in [9.17, 15) is 13.6 Å². The summed E-state index contributed by atoms with van der Waals surface area (Å²) >= 11 is 0. The Bertz CT molecular complexity index is 1100. The number of likely N-dealkylation sites (tertiary alicyclic amines) is 1. The first kappa shape index (κ1) is 21.1. The van der Waals surface area contributed by atoms with Crippen molar-refractivity contribution in [3.8, 4) is 11.6 Å². The first-order valence-corrected chi connectivity index (χ1v) is 10.3. The molecule has 3 aromatic rings. The third-order valence-corrected chi connectivity index (χ3v) is 5.06. The van der Waals surface area contributed by atoms with Gasteiger partial charge in [0, 0.05) is 32.0 Å². The smallest absolute Gasteiger partial charge is 0.410 e. The zero-order valence-corrected chi connectivity index (χ0v) is 17.8. The summed E-state index contributed by atoms with van der Waals surface area (Å²) in [5, 5.41) is 5.15. The maximum atomic E-state index is 14.4. The fourth-order valence-corrected chi connectivity index (χ4v) is 3.60. The molecule has 4 rings (SSSR count). The second-order valence-electron chi connectivity index (χ2n) is 8.61. The molecule has 164 valence electrons. The van der Waals surface area contributed by atoms with Gasteiger partial charge in [-0.25, -0.2) is 18.3 Å². The number of halogens is 2. The lowest BCUT2D eigenvalue weighted by atomic mass is 10.1. The van der Waals surface area contributed by atoms with Crippen molar-refractivity contribution >= 4 is 17.0 Å². The van der Waals surface area contributed by atoms with Crippen molar-refractivity contribution in [2.45, 2.75) is 45.3 Å². The predicted octanol–water partition coefficient (Wildman–Crippen LogP) is 5.08. The molecule has 8 heteroatoms. The number of hydrogen-bond acceptors (Lipinski definition) is 4. The van der Waals surface area contributed by atoms with Crippen molar-refractivity contribution in [1.29, 1.82) is 0 Å². The molecule has 0 N–H and O–H groups in total. The van der Waals surface area contributed by atoms with Crippen LogP contribution in [0.1, 0.15) is 33.6 Å². The van der Waals surface area contributed by atoms with E-state index < -0.39 is 17.2 Å².